The maximum absolute atomic E-state index is 12.2. The van der Waals surface area contributed by atoms with E-state index in [1.165, 1.54) is 11.5 Å². The molecule has 0 saturated carbocycles. The van der Waals surface area contributed by atoms with Crippen molar-refractivity contribution < 1.29 is 4.79 Å². The van der Waals surface area contributed by atoms with Crippen LogP contribution in [0.2, 0.25) is 0 Å². The van der Waals surface area contributed by atoms with Gasteiger partial charge in [0.2, 0.25) is 0 Å². The van der Waals surface area contributed by atoms with Gasteiger partial charge in [-0.15, -0.1) is 0 Å². The van der Waals surface area contributed by atoms with E-state index < -0.39 is 0 Å². The van der Waals surface area contributed by atoms with Crippen molar-refractivity contribution in [3.8, 4) is 0 Å². The van der Waals surface area contributed by atoms with Crippen molar-refractivity contribution in [1.29, 1.82) is 0 Å². The smallest absolute Gasteiger partial charge is 0.258 e. The maximum atomic E-state index is 12.2. The number of nitrogens with two attached hydrogens (primary N) is 1. The highest BCUT2D eigenvalue weighted by Crippen LogP contribution is 2.33. The quantitative estimate of drug-likeness (QED) is 0.890. The molecular weight excluding hydrogens is 260 g/mol. The second-order valence-electron chi connectivity index (χ2n) is 5.55. The maximum Gasteiger partial charge on any atom is 0.258 e. The topological polar surface area (TPSA) is 71.2 Å². The van der Waals surface area contributed by atoms with Crippen LogP contribution in [-0.4, -0.2) is 29.4 Å². The molecule has 1 aromatic rings. The van der Waals surface area contributed by atoms with Crippen LogP contribution in [0.5, 0.6) is 0 Å². The summed E-state index contributed by atoms with van der Waals surface area (Å²) in [4.78, 5) is 14.5. The van der Waals surface area contributed by atoms with Crippen molar-refractivity contribution >= 4 is 28.3 Å². The summed E-state index contributed by atoms with van der Waals surface area (Å²) < 4.78 is 4.16. The largest absolute Gasteiger partial charge is 0.382 e. The molecule has 1 aromatic heterocycles. The lowest BCUT2D eigenvalue weighted by Crippen LogP contribution is -2.35. The van der Waals surface area contributed by atoms with E-state index in [0.717, 1.165) is 36.9 Å². The van der Waals surface area contributed by atoms with E-state index in [1.807, 2.05) is 13.8 Å². The van der Waals surface area contributed by atoms with Gasteiger partial charge < -0.3 is 16.0 Å². The molecule has 0 spiro atoms. The molecule has 1 fully saturated rings. The van der Waals surface area contributed by atoms with Gasteiger partial charge in [0.15, 0.2) is 5.82 Å². The lowest BCUT2D eigenvalue weighted by molar-refractivity contribution is 0.0944. The molecule has 3 N–H and O–H groups in total. The van der Waals surface area contributed by atoms with Crippen LogP contribution in [0.3, 0.4) is 0 Å². The predicted molar refractivity (Wildman–Crippen MR) is 79.7 cm³/mol. The minimum atomic E-state index is -0.116. The highest BCUT2D eigenvalue weighted by molar-refractivity contribution is 7.11. The van der Waals surface area contributed by atoms with Gasteiger partial charge in [-0.05, 0) is 44.1 Å². The van der Waals surface area contributed by atoms with Crippen LogP contribution in [0.15, 0.2) is 0 Å². The molecule has 0 bridgehead atoms. The summed E-state index contributed by atoms with van der Waals surface area (Å²) in [5.74, 6) is 0.987. The molecule has 5 nitrogen and oxygen atoms in total. The van der Waals surface area contributed by atoms with Gasteiger partial charge in [0.05, 0.1) is 0 Å². The van der Waals surface area contributed by atoms with Crippen LogP contribution in [0.4, 0.5) is 10.8 Å². The van der Waals surface area contributed by atoms with E-state index in [0.29, 0.717) is 11.4 Å². The molecule has 6 heteroatoms. The van der Waals surface area contributed by atoms with Gasteiger partial charge in [-0.1, -0.05) is 6.92 Å². The lowest BCUT2D eigenvalue weighted by Gasteiger charge is -2.31. The number of hydrogen-bond acceptors (Lipinski definition) is 5. The third-order valence-electron chi connectivity index (χ3n) is 3.42. The number of nitrogen functional groups attached to an aromatic ring is 1. The fourth-order valence-corrected chi connectivity index (χ4v) is 3.13. The third kappa shape index (κ3) is 3.18. The first-order valence-electron chi connectivity index (χ1n) is 6.80. The van der Waals surface area contributed by atoms with Crippen LogP contribution >= 0.6 is 11.5 Å². The molecule has 1 aliphatic heterocycles. The third-order valence-corrected chi connectivity index (χ3v) is 4.34. The molecule has 0 aromatic carbocycles. The summed E-state index contributed by atoms with van der Waals surface area (Å²) in [6.45, 7) is 8.10. The van der Waals surface area contributed by atoms with Gasteiger partial charge in [0.1, 0.15) is 10.6 Å². The highest BCUT2D eigenvalue weighted by Gasteiger charge is 2.26. The highest BCUT2D eigenvalue weighted by atomic mass is 32.1. The van der Waals surface area contributed by atoms with Crippen molar-refractivity contribution in [1.82, 2.24) is 9.69 Å². The van der Waals surface area contributed by atoms with Crippen molar-refractivity contribution in [2.24, 2.45) is 5.92 Å². The number of carbonyl (C=O) groups is 1. The molecule has 2 rings (SSSR count). The molecule has 106 valence electrons. The van der Waals surface area contributed by atoms with Crippen LogP contribution in [0.1, 0.15) is 44.0 Å². The number of nitrogens with one attached hydrogen (secondary N) is 1. The number of nitrogens with zero attached hydrogens (tertiary/aromatic N) is 2. The molecule has 1 saturated heterocycles. The Kier molecular flexibility index (Phi) is 4.29. The van der Waals surface area contributed by atoms with Crippen molar-refractivity contribution in [3.63, 3.8) is 0 Å². The lowest BCUT2D eigenvalue weighted by atomic mass is 9.99. The standard InChI is InChI=1S/C13H22N4OS/c1-8(2)15-12(18)10-11(14)16-19-13(10)17-6-4-9(3)5-7-17/h8-9H,4-7H2,1-3H3,(H2,14,16)(H,15,18). The summed E-state index contributed by atoms with van der Waals surface area (Å²) in [5, 5.41) is 3.81. The summed E-state index contributed by atoms with van der Waals surface area (Å²) >= 11 is 1.33. The first-order valence-corrected chi connectivity index (χ1v) is 7.57. The fraction of sp³-hybridized carbons (Fsp3) is 0.692. The summed E-state index contributed by atoms with van der Waals surface area (Å²) in [6, 6.07) is 0.0982. The van der Waals surface area contributed by atoms with Gasteiger partial charge in [-0.2, -0.15) is 4.37 Å². The Balaban J connectivity index is 2.20. The molecule has 0 aliphatic carbocycles. The van der Waals surface area contributed by atoms with Gasteiger partial charge in [-0.3, -0.25) is 4.79 Å². The molecule has 2 heterocycles. The van der Waals surface area contributed by atoms with E-state index in [2.05, 4.69) is 21.5 Å². The summed E-state index contributed by atoms with van der Waals surface area (Å²) in [6.07, 6.45) is 2.31. The second-order valence-corrected chi connectivity index (χ2v) is 6.30. The minimum absolute atomic E-state index is 0.0982. The Hall–Kier alpha value is -1.30. The van der Waals surface area contributed by atoms with E-state index in [-0.39, 0.29) is 11.9 Å². The van der Waals surface area contributed by atoms with Gasteiger partial charge >= 0.3 is 0 Å². The zero-order valence-electron chi connectivity index (χ0n) is 11.8. The number of amides is 1. The Labute approximate surface area is 118 Å². The fourth-order valence-electron chi connectivity index (χ4n) is 2.27. The average Bonchev–Trinajstić information content (AvgIpc) is 2.71. The molecule has 0 atom stereocenters. The molecule has 1 aliphatic rings. The second kappa shape index (κ2) is 5.77. The van der Waals surface area contributed by atoms with E-state index in [4.69, 9.17) is 5.73 Å². The Morgan fingerprint density at radius 3 is 2.68 bits per heavy atom. The number of hydrogen-bond donors (Lipinski definition) is 2. The van der Waals surface area contributed by atoms with E-state index >= 15 is 0 Å². The SMILES string of the molecule is CC1CCN(c2snc(N)c2C(=O)NC(C)C)CC1. The molecule has 19 heavy (non-hydrogen) atoms. The van der Waals surface area contributed by atoms with Gasteiger partial charge in [0, 0.05) is 19.1 Å². The minimum Gasteiger partial charge on any atom is -0.382 e. The molecule has 0 radical (unpaired) electrons. The average molecular weight is 282 g/mol. The van der Waals surface area contributed by atoms with Crippen molar-refractivity contribution in [3.05, 3.63) is 5.56 Å². The van der Waals surface area contributed by atoms with Crippen molar-refractivity contribution in [2.45, 2.75) is 39.7 Å². The number of piperidine rings is 1. The number of carbonyl (C=O) groups excluding carboxylic acids is 1. The van der Waals surface area contributed by atoms with E-state index in [1.54, 1.807) is 0 Å². The number of anilines is 2. The van der Waals surface area contributed by atoms with Crippen molar-refractivity contribution in [2.75, 3.05) is 23.7 Å². The monoisotopic (exact) mass is 282 g/mol. The molecule has 1 amide bonds. The normalized spacial score (nSPS) is 16.9. The van der Waals surface area contributed by atoms with Crippen LogP contribution < -0.4 is 16.0 Å². The first-order chi connectivity index (χ1) is 8.99. The van der Waals surface area contributed by atoms with Crippen LogP contribution in [0, 0.1) is 5.92 Å². The van der Waals surface area contributed by atoms with Gasteiger partial charge in [0.25, 0.3) is 5.91 Å². The predicted octanol–water partition coefficient (Wildman–Crippen LogP) is 2.10. The zero-order chi connectivity index (χ0) is 14.0. The Morgan fingerprint density at radius 1 is 1.47 bits per heavy atom. The van der Waals surface area contributed by atoms with Gasteiger partial charge in [-0.25, -0.2) is 0 Å². The zero-order valence-corrected chi connectivity index (χ0v) is 12.6. The number of aromatic nitrogens is 1. The summed E-state index contributed by atoms with van der Waals surface area (Å²) in [7, 11) is 0. The Bertz CT molecular complexity index is 449. The van der Waals surface area contributed by atoms with E-state index in [9.17, 15) is 4.79 Å². The molecule has 0 unspecified atom stereocenters. The summed E-state index contributed by atoms with van der Waals surface area (Å²) in [5.41, 5.74) is 6.41. The molecular formula is C13H22N4OS. The van der Waals surface area contributed by atoms with Crippen LogP contribution in [0.25, 0.3) is 0 Å². The number of rotatable bonds is 3. The first kappa shape index (κ1) is 14.1. The van der Waals surface area contributed by atoms with Crippen LogP contribution in [-0.2, 0) is 0 Å². The Morgan fingerprint density at radius 2 is 2.11 bits per heavy atom.